The van der Waals surface area contributed by atoms with E-state index in [9.17, 15) is 18.7 Å². The number of ether oxygens (including phenoxy) is 1. The first-order valence-electron chi connectivity index (χ1n) is 14.5. The fourth-order valence-electron chi connectivity index (χ4n) is 8.55. The van der Waals surface area contributed by atoms with Crippen LogP contribution in [0.5, 0.6) is 0 Å². The van der Waals surface area contributed by atoms with Crippen LogP contribution in [0.4, 0.5) is 8.78 Å². The lowest BCUT2D eigenvalue weighted by Gasteiger charge is -2.52. The number of unbranched alkanes of at least 4 members (excludes halogenated alkanes) is 1. The molecule has 1 N–H and O–H groups in total. The number of Topliss-reactive ketones (excluding diaryl/α,β-unsaturated/α-hetero) is 1. The van der Waals surface area contributed by atoms with Gasteiger partial charge in [0.1, 0.15) is 12.1 Å². The summed E-state index contributed by atoms with van der Waals surface area (Å²) in [4.78, 5) is 14.7. The van der Waals surface area contributed by atoms with Gasteiger partial charge in [-0.05, 0) is 112 Å². The molecule has 0 radical (unpaired) electrons. The Morgan fingerprint density at radius 2 is 2.00 bits per heavy atom. The third-order valence-electron chi connectivity index (χ3n) is 10.3. The van der Waals surface area contributed by atoms with E-state index in [1.165, 1.54) is 23.7 Å². The summed E-state index contributed by atoms with van der Waals surface area (Å²) >= 11 is 0. The van der Waals surface area contributed by atoms with Crippen LogP contribution in [0.15, 0.2) is 12.1 Å². The zero-order valence-corrected chi connectivity index (χ0v) is 23.1. The number of nitrogens with zero attached hydrogens (tertiary/aromatic N) is 3. The number of halogens is 2. The van der Waals surface area contributed by atoms with E-state index in [0.29, 0.717) is 23.7 Å². The van der Waals surface area contributed by atoms with Crippen molar-refractivity contribution in [1.29, 1.82) is 0 Å². The summed E-state index contributed by atoms with van der Waals surface area (Å²) in [6.07, 6.45) is 11.4. The Kier molecular flexibility index (Phi) is 7.94. The molecule has 6 nitrogen and oxygen atoms in total. The molecule has 0 spiro atoms. The highest BCUT2D eigenvalue weighted by Crippen LogP contribution is 2.62. The van der Waals surface area contributed by atoms with Gasteiger partial charge >= 0.3 is 0 Å². The van der Waals surface area contributed by atoms with Crippen LogP contribution in [0.2, 0.25) is 0 Å². The van der Waals surface area contributed by atoms with Crippen molar-refractivity contribution in [3.05, 3.63) is 23.8 Å². The largest absolute Gasteiger partial charge is 0.390 e. The van der Waals surface area contributed by atoms with Crippen molar-refractivity contribution in [2.75, 3.05) is 13.7 Å². The first kappa shape index (κ1) is 27.6. The SMILES string of the molecule is COCCCCC(C)(O)C[C@H]1CC[C@@H]2[C@H](CC[C@]3(C)[C@@H](C(=O)Cn4nc5ccc(F)c(F)c5n4)CC[C@@H]23)C1. The van der Waals surface area contributed by atoms with Gasteiger partial charge in [0.25, 0.3) is 0 Å². The number of aliphatic hydroxyl groups is 1. The van der Waals surface area contributed by atoms with E-state index in [1.807, 2.05) is 6.92 Å². The van der Waals surface area contributed by atoms with Crippen molar-refractivity contribution in [3.63, 3.8) is 0 Å². The molecule has 7 atom stereocenters. The van der Waals surface area contributed by atoms with Crippen LogP contribution < -0.4 is 0 Å². The highest BCUT2D eigenvalue weighted by atomic mass is 19.2. The third-order valence-corrected chi connectivity index (χ3v) is 10.3. The molecule has 0 aliphatic heterocycles. The van der Waals surface area contributed by atoms with E-state index in [-0.39, 0.29) is 34.7 Å². The summed E-state index contributed by atoms with van der Waals surface area (Å²) in [5.74, 6) is 0.527. The number of aromatic nitrogens is 3. The Bertz CT molecular complexity index is 1150. The van der Waals surface area contributed by atoms with Crippen molar-refractivity contribution in [1.82, 2.24) is 15.0 Å². The van der Waals surface area contributed by atoms with Gasteiger partial charge in [0, 0.05) is 19.6 Å². The highest BCUT2D eigenvalue weighted by Gasteiger charge is 2.56. The van der Waals surface area contributed by atoms with Gasteiger partial charge in [-0.3, -0.25) is 4.79 Å². The average Bonchev–Trinajstić information content (AvgIpc) is 3.45. The van der Waals surface area contributed by atoms with E-state index in [4.69, 9.17) is 4.74 Å². The molecule has 2 aromatic rings. The summed E-state index contributed by atoms with van der Waals surface area (Å²) in [6, 6.07) is 2.44. The highest BCUT2D eigenvalue weighted by molar-refractivity contribution is 5.82. The fourth-order valence-corrected chi connectivity index (χ4v) is 8.55. The summed E-state index contributed by atoms with van der Waals surface area (Å²) in [5, 5.41) is 19.3. The second-order valence-electron chi connectivity index (χ2n) is 13.0. The van der Waals surface area contributed by atoms with Crippen LogP contribution in [0.25, 0.3) is 11.0 Å². The van der Waals surface area contributed by atoms with Crippen molar-refractivity contribution in [2.45, 2.75) is 96.6 Å². The molecule has 3 saturated carbocycles. The van der Waals surface area contributed by atoms with Crippen molar-refractivity contribution >= 4 is 16.8 Å². The summed E-state index contributed by atoms with van der Waals surface area (Å²) in [5.41, 5.74) is -0.501. The Morgan fingerprint density at radius 3 is 2.79 bits per heavy atom. The van der Waals surface area contributed by atoms with E-state index >= 15 is 0 Å². The Balaban J connectivity index is 1.19. The molecule has 0 amide bonds. The third kappa shape index (κ3) is 5.40. The second kappa shape index (κ2) is 10.9. The molecule has 1 heterocycles. The number of carbonyl (C=O) groups is 1. The fraction of sp³-hybridized carbons (Fsp3) is 0.767. The predicted molar refractivity (Wildman–Crippen MR) is 141 cm³/mol. The number of hydrogen-bond acceptors (Lipinski definition) is 5. The number of hydrogen-bond donors (Lipinski definition) is 1. The van der Waals surface area contributed by atoms with Gasteiger partial charge in [0.15, 0.2) is 22.9 Å². The lowest BCUT2D eigenvalue weighted by Crippen LogP contribution is -2.46. The minimum Gasteiger partial charge on any atom is -0.390 e. The molecule has 8 heteroatoms. The summed E-state index contributed by atoms with van der Waals surface area (Å²) in [7, 11) is 1.72. The van der Waals surface area contributed by atoms with Crippen molar-refractivity contribution in [3.8, 4) is 0 Å². The molecule has 1 aromatic carbocycles. The number of ketones is 1. The monoisotopic (exact) mass is 531 g/mol. The molecule has 3 aliphatic carbocycles. The van der Waals surface area contributed by atoms with Gasteiger partial charge in [-0.1, -0.05) is 13.3 Å². The summed E-state index contributed by atoms with van der Waals surface area (Å²) in [6.45, 7) is 5.06. The molecule has 210 valence electrons. The average molecular weight is 532 g/mol. The number of benzene rings is 1. The van der Waals surface area contributed by atoms with Gasteiger partial charge in [-0.25, -0.2) is 8.78 Å². The zero-order valence-electron chi connectivity index (χ0n) is 23.1. The smallest absolute Gasteiger partial charge is 0.188 e. The minimum atomic E-state index is -1.02. The molecule has 1 aromatic heterocycles. The second-order valence-corrected chi connectivity index (χ2v) is 13.0. The number of carbonyl (C=O) groups excluding carboxylic acids is 1. The molecule has 0 saturated heterocycles. The molecule has 5 rings (SSSR count). The first-order chi connectivity index (χ1) is 18.1. The quantitative estimate of drug-likeness (QED) is 0.375. The topological polar surface area (TPSA) is 77.2 Å². The zero-order chi connectivity index (χ0) is 27.1. The van der Waals surface area contributed by atoms with E-state index < -0.39 is 17.2 Å². The first-order valence-corrected chi connectivity index (χ1v) is 14.5. The molecular formula is C30H43F2N3O3. The maximum Gasteiger partial charge on any atom is 0.188 e. The molecule has 3 fully saturated rings. The van der Waals surface area contributed by atoms with Gasteiger partial charge < -0.3 is 9.84 Å². The van der Waals surface area contributed by atoms with Gasteiger partial charge in [-0.2, -0.15) is 9.90 Å². The number of rotatable bonds is 10. The molecular weight excluding hydrogens is 488 g/mol. The summed E-state index contributed by atoms with van der Waals surface area (Å²) < 4.78 is 32.8. The number of methoxy groups -OCH3 is 1. The van der Waals surface area contributed by atoms with E-state index in [2.05, 4.69) is 17.1 Å². The van der Waals surface area contributed by atoms with Gasteiger partial charge in [0.05, 0.1) is 5.60 Å². The lowest BCUT2D eigenvalue weighted by molar-refractivity contribution is -0.130. The van der Waals surface area contributed by atoms with E-state index in [0.717, 1.165) is 70.5 Å². The molecule has 1 unspecified atom stereocenters. The van der Waals surface area contributed by atoms with Crippen LogP contribution >= 0.6 is 0 Å². The number of fused-ring (bicyclic) bond motifs is 4. The molecule has 3 aliphatic rings. The molecule has 38 heavy (non-hydrogen) atoms. The van der Waals surface area contributed by atoms with Crippen molar-refractivity contribution in [2.24, 2.45) is 35.0 Å². The maximum atomic E-state index is 14.1. The van der Waals surface area contributed by atoms with Crippen molar-refractivity contribution < 1.29 is 23.4 Å². The Labute approximate surface area is 224 Å². The Hall–Kier alpha value is -1.93. The van der Waals surface area contributed by atoms with Crippen LogP contribution in [-0.2, 0) is 16.1 Å². The van der Waals surface area contributed by atoms with Crippen LogP contribution in [0, 0.1) is 46.6 Å². The van der Waals surface area contributed by atoms with Gasteiger partial charge in [-0.15, -0.1) is 5.10 Å². The van der Waals surface area contributed by atoms with E-state index in [1.54, 1.807) is 7.11 Å². The normalized spacial score (nSPS) is 32.6. The van der Waals surface area contributed by atoms with Gasteiger partial charge in [0.2, 0.25) is 0 Å². The lowest BCUT2D eigenvalue weighted by atomic mass is 9.53. The predicted octanol–water partition coefficient (Wildman–Crippen LogP) is 6.10. The maximum absolute atomic E-state index is 14.1. The standard InChI is InChI=1S/C30H43F2N3O3/c1-29(37,13-4-5-15-38-3)17-19-6-7-21-20(16-19)12-14-30(2)22(21)8-9-23(30)26(36)18-35-33-25-11-10-24(31)27(32)28(25)34-35/h10-11,19-23,37H,4-9,12-18H2,1-3H3/t19-,20+,21+,22-,23+,29?,30-/m0/s1. The Morgan fingerprint density at radius 1 is 1.18 bits per heavy atom. The van der Waals surface area contributed by atoms with Crippen LogP contribution in [0.1, 0.15) is 84.5 Å². The molecule has 0 bridgehead atoms. The van der Waals surface area contributed by atoms with Crippen LogP contribution in [-0.4, -0.2) is 45.2 Å². The minimum absolute atomic E-state index is 0.00164. The van der Waals surface area contributed by atoms with Crippen LogP contribution in [0.3, 0.4) is 0 Å².